The van der Waals surface area contributed by atoms with Gasteiger partial charge in [-0.1, -0.05) is 0 Å². The van der Waals surface area contributed by atoms with E-state index in [1.807, 2.05) is 0 Å². The second-order valence-corrected chi connectivity index (χ2v) is 14.8. The van der Waals surface area contributed by atoms with Crippen LogP contribution < -0.4 is 20.4 Å². The second-order valence-electron chi connectivity index (χ2n) is 7.89. The number of benzene rings is 4. The average molecular weight is 472 g/mol. The van der Waals surface area contributed by atoms with E-state index in [0.717, 1.165) is 5.92 Å². The molecule has 0 spiro atoms. The minimum atomic E-state index is -1.79. The van der Waals surface area contributed by atoms with Crippen LogP contribution in [0, 0.1) is 5.92 Å². The van der Waals surface area contributed by atoms with E-state index in [4.69, 9.17) is 0 Å². The topological polar surface area (TPSA) is 0 Å². The molecule has 1 saturated carbocycles. The Morgan fingerprint density at radius 3 is 1.27 bits per heavy atom. The maximum absolute atomic E-state index is 2.39. The molecule has 1 aliphatic rings. The molecule has 0 nitrogen and oxygen atoms in total. The quantitative estimate of drug-likeness (QED) is 0.269. The molecule has 0 amide bonds. The van der Waals surface area contributed by atoms with Crippen molar-refractivity contribution in [3.63, 3.8) is 0 Å². The molecule has 0 N–H and O–H groups in total. The number of hydrogen-bond acceptors (Lipinski definition) is 0. The molecular weight excluding hydrogens is 446 g/mol. The third-order valence-corrected chi connectivity index (χ3v) is 15.4. The van der Waals surface area contributed by atoms with Gasteiger partial charge in [0.25, 0.3) is 0 Å². The van der Waals surface area contributed by atoms with Crippen LogP contribution in [-0.2, 0) is 0 Å². The van der Waals surface area contributed by atoms with Crippen LogP contribution in [0.2, 0.25) is 0 Å². The molecule has 0 saturated heterocycles. The molecule has 0 radical (unpaired) electrons. The molecule has 5 rings (SSSR count). The Balaban J connectivity index is 1.78. The normalized spacial score (nSPS) is 14.9. The molecule has 1 aliphatic carbocycles. The molecule has 4 aromatic carbocycles. The summed E-state index contributed by atoms with van der Waals surface area (Å²) in [5.74, 6) is 0.819. The van der Waals surface area contributed by atoms with Gasteiger partial charge >= 0.3 is 187 Å². The first-order valence-electron chi connectivity index (χ1n) is 10.7. The monoisotopic (exact) mass is 473 g/mol. The summed E-state index contributed by atoms with van der Waals surface area (Å²) in [6.45, 7) is 0. The molecule has 0 bridgehead atoms. The third-order valence-electron chi connectivity index (χ3n) is 5.90. The van der Waals surface area contributed by atoms with E-state index in [1.54, 1.807) is 0 Å². The van der Waals surface area contributed by atoms with Gasteiger partial charge in [0.2, 0.25) is 0 Å². The predicted octanol–water partition coefficient (Wildman–Crippen LogP) is 4.75. The van der Waals surface area contributed by atoms with E-state index in [0.29, 0.717) is 19.5 Å². The summed E-state index contributed by atoms with van der Waals surface area (Å²) in [5.41, 5.74) is 0. The Labute approximate surface area is 186 Å². The van der Waals surface area contributed by atoms with Crippen LogP contribution in [-0.4, -0.2) is 19.5 Å². The maximum atomic E-state index is 2.39. The van der Waals surface area contributed by atoms with Gasteiger partial charge in [-0.2, -0.15) is 0 Å². The van der Waals surface area contributed by atoms with Crippen molar-refractivity contribution in [1.29, 1.82) is 0 Å². The van der Waals surface area contributed by atoms with Gasteiger partial charge in [-0.15, -0.1) is 0 Å². The minimum absolute atomic E-state index is 0.414. The molecule has 2 heteroatoms. The van der Waals surface area contributed by atoms with Gasteiger partial charge in [0.15, 0.2) is 0 Å². The van der Waals surface area contributed by atoms with E-state index in [2.05, 4.69) is 121 Å². The molecule has 0 aromatic heterocycles. The van der Waals surface area contributed by atoms with Crippen molar-refractivity contribution in [2.75, 3.05) is 0 Å². The van der Waals surface area contributed by atoms with Gasteiger partial charge < -0.3 is 0 Å². The van der Waals surface area contributed by atoms with Crippen LogP contribution in [0.4, 0.5) is 0 Å². The van der Waals surface area contributed by atoms with Crippen molar-refractivity contribution < 1.29 is 0 Å². The van der Waals surface area contributed by atoms with Gasteiger partial charge in [-0.05, 0) is 0 Å². The Bertz CT molecular complexity index is 964. The molecule has 1 atom stereocenters. The zero-order valence-corrected chi connectivity index (χ0v) is 19.6. The van der Waals surface area contributed by atoms with Crippen molar-refractivity contribution >= 4 is 42.6 Å². The van der Waals surface area contributed by atoms with E-state index in [9.17, 15) is 0 Å². The van der Waals surface area contributed by atoms with E-state index >= 15 is 0 Å². The first-order chi connectivity index (χ1) is 14.9. The van der Waals surface area contributed by atoms with Crippen molar-refractivity contribution in [3.8, 4) is 0 Å². The van der Waals surface area contributed by atoms with Crippen LogP contribution in [0.3, 0.4) is 0 Å². The number of hydrogen-bond donors (Lipinski definition) is 0. The summed E-state index contributed by atoms with van der Waals surface area (Å²) in [6, 6.07) is 45.4. The standard InChI is InChI=1S/C28H26PSe/c1-5-13-24(14-6-1)29(25-15-7-2-8-16-25,26-17-9-3-10-18-26)28(23-21-22-23)30-27-19-11-4-12-20-27/h1-20,23,28H,21-22H2/q+1. The van der Waals surface area contributed by atoms with Gasteiger partial charge in [-0.25, -0.2) is 0 Å². The average Bonchev–Trinajstić information content (AvgIpc) is 3.67. The molecule has 1 fully saturated rings. The van der Waals surface area contributed by atoms with Crippen LogP contribution in [0.1, 0.15) is 12.8 Å². The van der Waals surface area contributed by atoms with Crippen molar-refractivity contribution in [1.82, 2.24) is 0 Å². The van der Waals surface area contributed by atoms with Crippen LogP contribution in [0.25, 0.3) is 0 Å². The van der Waals surface area contributed by atoms with Gasteiger partial charge in [0.1, 0.15) is 0 Å². The molecule has 1 unspecified atom stereocenters. The molecule has 0 aliphatic heterocycles. The summed E-state index contributed by atoms with van der Waals surface area (Å²) in [7, 11) is -1.79. The number of rotatable bonds is 7. The Kier molecular flexibility index (Phi) is 5.87. The van der Waals surface area contributed by atoms with Crippen molar-refractivity contribution in [2.45, 2.75) is 17.4 Å². The van der Waals surface area contributed by atoms with Crippen molar-refractivity contribution in [2.24, 2.45) is 5.92 Å². The Morgan fingerprint density at radius 1 is 0.533 bits per heavy atom. The summed E-state index contributed by atoms with van der Waals surface area (Å²) in [6.07, 6.45) is 2.74. The van der Waals surface area contributed by atoms with Crippen LogP contribution in [0.5, 0.6) is 0 Å². The summed E-state index contributed by atoms with van der Waals surface area (Å²) >= 11 is 0.414. The SMILES string of the molecule is c1ccc([Se]C(C2CC2)[P+](c2ccccc2)(c2ccccc2)c2ccccc2)cc1. The molecule has 0 heterocycles. The van der Waals surface area contributed by atoms with E-state index in [-0.39, 0.29) is 0 Å². The summed E-state index contributed by atoms with van der Waals surface area (Å²) < 4.78 is 2.20. The van der Waals surface area contributed by atoms with E-state index < -0.39 is 7.26 Å². The predicted molar refractivity (Wildman–Crippen MR) is 133 cm³/mol. The summed E-state index contributed by atoms with van der Waals surface area (Å²) in [4.78, 5) is 0. The Morgan fingerprint density at radius 2 is 0.900 bits per heavy atom. The van der Waals surface area contributed by atoms with Gasteiger partial charge in [-0.3, -0.25) is 0 Å². The van der Waals surface area contributed by atoms with Gasteiger partial charge in [0.05, 0.1) is 0 Å². The van der Waals surface area contributed by atoms with Gasteiger partial charge in [0, 0.05) is 0 Å². The fourth-order valence-corrected chi connectivity index (χ4v) is 15.3. The first kappa shape index (κ1) is 19.8. The van der Waals surface area contributed by atoms with E-state index in [1.165, 1.54) is 33.2 Å². The van der Waals surface area contributed by atoms with Crippen molar-refractivity contribution in [3.05, 3.63) is 121 Å². The third kappa shape index (κ3) is 3.79. The molecule has 148 valence electrons. The second kappa shape index (κ2) is 8.91. The van der Waals surface area contributed by atoms with Crippen LogP contribution in [0.15, 0.2) is 121 Å². The fourth-order valence-electron chi connectivity index (χ4n) is 4.39. The zero-order valence-electron chi connectivity index (χ0n) is 17.0. The zero-order chi connectivity index (χ0) is 20.2. The molecular formula is C28H26PSe+. The molecule has 30 heavy (non-hydrogen) atoms. The van der Waals surface area contributed by atoms with Crippen LogP contribution >= 0.6 is 7.26 Å². The summed E-state index contributed by atoms with van der Waals surface area (Å²) in [5, 5.41) is 4.58. The first-order valence-corrected chi connectivity index (χ1v) is 14.4. The fraction of sp³-hybridized carbons (Fsp3) is 0.143. The Hall–Kier alpha value is -2.17. The molecule has 4 aromatic rings.